The van der Waals surface area contributed by atoms with Gasteiger partial charge in [0.15, 0.2) is 0 Å². The van der Waals surface area contributed by atoms with Crippen LogP contribution in [0, 0.1) is 19.8 Å². The number of benzene rings is 2. The van der Waals surface area contributed by atoms with Crippen LogP contribution in [0.4, 0.5) is 0 Å². The predicted octanol–water partition coefficient (Wildman–Crippen LogP) is 3.07. The molecule has 1 atom stereocenters. The summed E-state index contributed by atoms with van der Waals surface area (Å²) in [6.07, 6.45) is 1.73. The minimum atomic E-state index is -0.304. The van der Waals surface area contributed by atoms with Crippen molar-refractivity contribution in [3.63, 3.8) is 0 Å². The molecule has 168 valence electrons. The van der Waals surface area contributed by atoms with Gasteiger partial charge in [-0.25, -0.2) is 0 Å². The van der Waals surface area contributed by atoms with Crippen LogP contribution >= 0.6 is 0 Å². The fourth-order valence-corrected chi connectivity index (χ4v) is 4.51. The zero-order valence-corrected chi connectivity index (χ0v) is 18.8. The number of aryl methyl sites for hydroxylation is 2. The lowest BCUT2D eigenvalue weighted by atomic mass is 10.0. The smallest absolute Gasteiger partial charge is 0.253 e. The fourth-order valence-electron chi connectivity index (χ4n) is 4.51. The molecular formula is C26H31N3O3. The van der Waals surface area contributed by atoms with Crippen LogP contribution in [0.15, 0.2) is 48.5 Å². The van der Waals surface area contributed by atoms with Crippen LogP contribution in [0.25, 0.3) is 0 Å². The zero-order valence-electron chi connectivity index (χ0n) is 18.8. The Morgan fingerprint density at radius 2 is 1.72 bits per heavy atom. The van der Waals surface area contributed by atoms with Gasteiger partial charge in [0.05, 0.1) is 5.92 Å². The Morgan fingerprint density at radius 1 is 1.00 bits per heavy atom. The molecule has 0 aliphatic carbocycles. The van der Waals surface area contributed by atoms with Crippen LogP contribution < -0.4 is 5.32 Å². The van der Waals surface area contributed by atoms with Gasteiger partial charge in [0, 0.05) is 44.2 Å². The second kappa shape index (κ2) is 9.55. The molecule has 1 unspecified atom stereocenters. The number of rotatable bonds is 5. The molecule has 2 aromatic carbocycles. The quantitative estimate of drug-likeness (QED) is 0.788. The van der Waals surface area contributed by atoms with Crippen molar-refractivity contribution in [2.45, 2.75) is 45.7 Å². The van der Waals surface area contributed by atoms with E-state index in [1.54, 1.807) is 4.90 Å². The molecule has 2 aliphatic heterocycles. The van der Waals surface area contributed by atoms with Crippen LogP contribution in [-0.4, -0.2) is 53.2 Å². The van der Waals surface area contributed by atoms with Gasteiger partial charge in [-0.3, -0.25) is 14.4 Å². The number of nitrogens with one attached hydrogen (secondary N) is 1. The summed E-state index contributed by atoms with van der Waals surface area (Å²) in [5.41, 5.74) is 4.09. The molecule has 4 rings (SSSR count). The van der Waals surface area contributed by atoms with Crippen LogP contribution in [-0.2, 0) is 16.1 Å². The Balaban J connectivity index is 1.26. The molecule has 0 spiro atoms. The molecule has 32 heavy (non-hydrogen) atoms. The van der Waals surface area contributed by atoms with E-state index in [4.69, 9.17) is 0 Å². The van der Waals surface area contributed by atoms with Crippen molar-refractivity contribution in [2.75, 3.05) is 19.6 Å². The minimum Gasteiger partial charge on any atom is -0.353 e. The maximum atomic E-state index is 12.8. The highest BCUT2D eigenvalue weighted by molar-refractivity contribution is 5.94. The van der Waals surface area contributed by atoms with Crippen molar-refractivity contribution in [3.8, 4) is 0 Å². The molecule has 6 nitrogen and oxygen atoms in total. The van der Waals surface area contributed by atoms with Gasteiger partial charge in [-0.2, -0.15) is 0 Å². The van der Waals surface area contributed by atoms with Gasteiger partial charge in [-0.1, -0.05) is 36.4 Å². The van der Waals surface area contributed by atoms with Crippen molar-refractivity contribution in [2.24, 2.45) is 5.92 Å². The Kier molecular flexibility index (Phi) is 6.58. The van der Waals surface area contributed by atoms with Gasteiger partial charge >= 0.3 is 0 Å². The van der Waals surface area contributed by atoms with Crippen LogP contribution in [0.3, 0.4) is 0 Å². The van der Waals surface area contributed by atoms with E-state index in [0.717, 1.165) is 29.5 Å². The molecule has 2 aliphatic rings. The molecular weight excluding hydrogens is 402 g/mol. The summed E-state index contributed by atoms with van der Waals surface area (Å²) in [5, 5.41) is 3.13. The third kappa shape index (κ3) is 5.01. The van der Waals surface area contributed by atoms with Gasteiger partial charge in [0.1, 0.15) is 0 Å². The Bertz CT molecular complexity index is 997. The maximum Gasteiger partial charge on any atom is 0.253 e. The van der Waals surface area contributed by atoms with Gasteiger partial charge in [0.25, 0.3) is 5.91 Å². The second-order valence-electron chi connectivity index (χ2n) is 9.04. The van der Waals surface area contributed by atoms with E-state index < -0.39 is 0 Å². The first-order valence-electron chi connectivity index (χ1n) is 11.4. The lowest BCUT2D eigenvalue weighted by molar-refractivity contribution is -0.129. The van der Waals surface area contributed by atoms with E-state index in [2.05, 4.69) is 5.32 Å². The lowest BCUT2D eigenvalue weighted by Crippen LogP contribution is -2.48. The van der Waals surface area contributed by atoms with E-state index in [1.807, 2.05) is 67.3 Å². The Morgan fingerprint density at radius 3 is 2.41 bits per heavy atom. The third-order valence-corrected chi connectivity index (χ3v) is 6.68. The summed E-state index contributed by atoms with van der Waals surface area (Å²) < 4.78 is 0. The topological polar surface area (TPSA) is 69.7 Å². The number of carbonyl (C=O) groups excluding carboxylic acids is 3. The number of nitrogens with zero attached hydrogens (tertiary/aromatic N) is 2. The molecule has 0 radical (unpaired) electrons. The summed E-state index contributed by atoms with van der Waals surface area (Å²) in [5.74, 6) is -0.270. The second-order valence-corrected chi connectivity index (χ2v) is 9.04. The summed E-state index contributed by atoms with van der Waals surface area (Å²) in [4.78, 5) is 41.6. The first kappa shape index (κ1) is 22.1. The number of likely N-dealkylation sites (tertiary alicyclic amines) is 2. The van der Waals surface area contributed by atoms with E-state index in [0.29, 0.717) is 26.2 Å². The first-order valence-corrected chi connectivity index (χ1v) is 11.4. The van der Waals surface area contributed by atoms with Crippen molar-refractivity contribution in [3.05, 3.63) is 70.8 Å². The van der Waals surface area contributed by atoms with Crippen molar-refractivity contribution in [1.29, 1.82) is 0 Å². The Labute approximate surface area is 189 Å². The van der Waals surface area contributed by atoms with Gasteiger partial charge in [0.2, 0.25) is 11.8 Å². The molecule has 0 aromatic heterocycles. The summed E-state index contributed by atoms with van der Waals surface area (Å²) in [6.45, 7) is 6.31. The molecule has 2 saturated heterocycles. The number of amides is 3. The highest BCUT2D eigenvalue weighted by atomic mass is 16.2. The average Bonchev–Trinajstić information content (AvgIpc) is 3.16. The van der Waals surface area contributed by atoms with Gasteiger partial charge in [-0.05, 0) is 55.5 Å². The SMILES string of the molecule is Cc1ccc(C(=O)N2CCC(NC(=O)C3CC(=O)N(Cc4ccccc4)C3)CC2)cc1C. The summed E-state index contributed by atoms with van der Waals surface area (Å²) in [6, 6.07) is 15.7. The summed E-state index contributed by atoms with van der Waals surface area (Å²) >= 11 is 0. The first-order chi connectivity index (χ1) is 15.4. The molecule has 2 fully saturated rings. The molecule has 2 heterocycles. The van der Waals surface area contributed by atoms with Gasteiger partial charge < -0.3 is 15.1 Å². The monoisotopic (exact) mass is 433 g/mol. The standard InChI is InChI=1S/C26H31N3O3/c1-18-8-9-21(14-19(18)2)26(32)28-12-10-23(11-13-28)27-25(31)22-15-24(30)29(17-22)16-20-6-4-3-5-7-20/h3-9,14,22-23H,10-13,15-17H2,1-2H3,(H,27,31). The molecule has 1 N–H and O–H groups in total. The van der Waals surface area contributed by atoms with Crippen molar-refractivity contribution >= 4 is 17.7 Å². The van der Waals surface area contributed by atoms with E-state index in [-0.39, 0.29) is 36.1 Å². The number of piperidine rings is 1. The predicted molar refractivity (Wildman–Crippen MR) is 123 cm³/mol. The van der Waals surface area contributed by atoms with Crippen LogP contribution in [0.2, 0.25) is 0 Å². The highest BCUT2D eigenvalue weighted by Crippen LogP contribution is 2.22. The Hall–Kier alpha value is -3.15. The summed E-state index contributed by atoms with van der Waals surface area (Å²) in [7, 11) is 0. The van der Waals surface area contributed by atoms with Crippen molar-refractivity contribution < 1.29 is 14.4 Å². The van der Waals surface area contributed by atoms with E-state index in [1.165, 1.54) is 5.56 Å². The zero-order chi connectivity index (χ0) is 22.7. The van der Waals surface area contributed by atoms with Gasteiger partial charge in [-0.15, -0.1) is 0 Å². The normalized spacial score (nSPS) is 19.3. The molecule has 6 heteroatoms. The third-order valence-electron chi connectivity index (χ3n) is 6.68. The minimum absolute atomic E-state index is 0.0304. The molecule has 3 amide bonds. The lowest BCUT2D eigenvalue weighted by Gasteiger charge is -2.33. The number of hydrogen-bond donors (Lipinski definition) is 1. The molecule has 0 bridgehead atoms. The fraction of sp³-hybridized carbons (Fsp3) is 0.423. The highest BCUT2D eigenvalue weighted by Gasteiger charge is 2.35. The van der Waals surface area contributed by atoms with Crippen LogP contribution in [0.5, 0.6) is 0 Å². The average molecular weight is 434 g/mol. The number of carbonyl (C=O) groups is 3. The molecule has 0 saturated carbocycles. The van der Waals surface area contributed by atoms with Crippen molar-refractivity contribution in [1.82, 2.24) is 15.1 Å². The van der Waals surface area contributed by atoms with E-state index in [9.17, 15) is 14.4 Å². The van der Waals surface area contributed by atoms with Crippen LogP contribution in [0.1, 0.15) is 46.3 Å². The largest absolute Gasteiger partial charge is 0.353 e. The molecule has 2 aromatic rings. The maximum absolute atomic E-state index is 12.8. The number of hydrogen-bond acceptors (Lipinski definition) is 3. The van der Waals surface area contributed by atoms with E-state index >= 15 is 0 Å².